The predicted molar refractivity (Wildman–Crippen MR) is 97.9 cm³/mol. The van der Waals surface area contributed by atoms with Gasteiger partial charge in [-0.05, 0) is 36.8 Å². The van der Waals surface area contributed by atoms with Crippen LogP contribution < -0.4 is 20.1 Å². The Morgan fingerprint density at radius 3 is 2.25 bits per heavy atom. The number of hydrogen-bond donors (Lipinski definition) is 2. The molecule has 2 aromatic rings. The molecule has 0 atom stereocenters. The van der Waals surface area contributed by atoms with Crippen LogP contribution in [0.1, 0.15) is 11.1 Å². The highest BCUT2D eigenvalue weighted by molar-refractivity contribution is 5.79. The van der Waals surface area contributed by atoms with Gasteiger partial charge in [0.2, 0.25) is 0 Å². The van der Waals surface area contributed by atoms with Crippen LogP contribution in [0.15, 0.2) is 53.5 Å². The predicted octanol–water partition coefficient (Wildman–Crippen LogP) is 2.75. The molecule has 0 aliphatic heterocycles. The van der Waals surface area contributed by atoms with Crippen molar-refractivity contribution in [1.82, 2.24) is 10.6 Å². The van der Waals surface area contributed by atoms with E-state index >= 15 is 0 Å². The van der Waals surface area contributed by atoms with Gasteiger partial charge in [-0.2, -0.15) is 0 Å². The van der Waals surface area contributed by atoms with E-state index in [1.54, 1.807) is 14.2 Å². The van der Waals surface area contributed by atoms with Crippen LogP contribution in [0.2, 0.25) is 0 Å². The van der Waals surface area contributed by atoms with Crippen molar-refractivity contribution in [2.45, 2.75) is 13.5 Å². The molecule has 2 aromatic carbocycles. The van der Waals surface area contributed by atoms with E-state index in [0.29, 0.717) is 19.7 Å². The molecule has 0 aromatic heterocycles. The van der Waals surface area contributed by atoms with Crippen LogP contribution in [-0.2, 0) is 6.54 Å². The van der Waals surface area contributed by atoms with E-state index < -0.39 is 0 Å². The number of ether oxygens (including phenoxy) is 2. The molecule has 24 heavy (non-hydrogen) atoms. The minimum Gasteiger partial charge on any atom is -0.497 e. The lowest BCUT2D eigenvalue weighted by molar-refractivity contribution is 0.322. The van der Waals surface area contributed by atoms with E-state index in [9.17, 15) is 0 Å². The topological polar surface area (TPSA) is 54.9 Å². The minimum absolute atomic E-state index is 0.576. The van der Waals surface area contributed by atoms with Crippen molar-refractivity contribution >= 4 is 5.96 Å². The lowest BCUT2D eigenvalue weighted by Crippen LogP contribution is -2.38. The number of aliphatic imine (C=N–C) groups is 1. The van der Waals surface area contributed by atoms with Gasteiger partial charge in [0, 0.05) is 13.6 Å². The number of nitrogens with zero attached hydrogens (tertiary/aromatic N) is 1. The highest BCUT2D eigenvalue weighted by Gasteiger charge is 1.99. The van der Waals surface area contributed by atoms with Gasteiger partial charge >= 0.3 is 0 Å². The summed E-state index contributed by atoms with van der Waals surface area (Å²) in [7, 11) is 3.42. The molecular formula is C19H25N3O2. The first kappa shape index (κ1) is 17.7. The highest BCUT2D eigenvalue weighted by Crippen LogP contribution is 2.11. The molecule has 0 saturated carbocycles. The summed E-state index contributed by atoms with van der Waals surface area (Å²) in [5, 5.41) is 6.50. The van der Waals surface area contributed by atoms with Crippen LogP contribution >= 0.6 is 0 Å². The lowest BCUT2D eigenvalue weighted by atomic mass is 10.2. The van der Waals surface area contributed by atoms with Crippen molar-refractivity contribution in [3.8, 4) is 11.5 Å². The smallest absolute Gasteiger partial charge is 0.191 e. The molecule has 5 nitrogen and oxygen atoms in total. The van der Waals surface area contributed by atoms with E-state index in [2.05, 4.69) is 22.5 Å². The maximum Gasteiger partial charge on any atom is 0.191 e. The Morgan fingerprint density at radius 2 is 1.62 bits per heavy atom. The summed E-state index contributed by atoms with van der Waals surface area (Å²) in [4.78, 5) is 4.21. The second-order valence-electron chi connectivity index (χ2n) is 5.36. The fraction of sp³-hybridized carbons (Fsp3) is 0.316. The molecule has 0 aliphatic rings. The molecule has 0 spiro atoms. The number of guanidine groups is 1. The Kier molecular flexibility index (Phi) is 6.95. The quantitative estimate of drug-likeness (QED) is 0.466. The van der Waals surface area contributed by atoms with Crippen LogP contribution in [0.4, 0.5) is 0 Å². The second kappa shape index (κ2) is 9.45. The van der Waals surface area contributed by atoms with Gasteiger partial charge in [0.1, 0.15) is 18.1 Å². The van der Waals surface area contributed by atoms with Crippen molar-refractivity contribution in [3.63, 3.8) is 0 Å². The number of nitrogens with one attached hydrogen (secondary N) is 2. The first-order valence-electron chi connectivity index (χ1n) is 7.98. The molecule has 0 unspecified atom stereocenters. The van der Waals surface area contributed by atoms with Crippen LogP contribution in [-0.4, -0.2) is 33.3 Å². The summed E-state index contributed by atoms with van der Waals surface area (Å²) < 4.78 is 10.8. The number of rotatable bonds is 7. The highest BCUT2D eigenvalue weighted by atomic mass is 16.5. The SMILES string of the molecule is CN=C(NCCOc1ccc(C)cc1)NCc1ccc(OC)cc1. The standard InChI is InChI=1S/C19H25N3O2/c1-15-4-8-18(9-5-15)24-13-12-21-19(20-2)22-14-16-6-10-17(23-3)11-7-16/h4-11H,12-14H2,1-3H3,(H2,20,21,22). The van der Waals surface area contributed by atoms with Gasteiger partial charge in [-0.3, -0.25) is 4.99 Å². The lowest BCUT2D eigenvalue weighted by Gasteiger charge is -2.13. The van der Waals surface area contributed by atoms with Crippen molar-refractivity contribution < 1.29 is 9.47 Å². The van der Waals surface area contributed by atoms with Crippen LogP contribution in [0.5, 0.6) is 11.5 Å². The number of aryl methyl sites for hydroxylation is 1. The Labute approximate surface area is 143 Å². The van der Waals surface area contributed by atoms with Crippen molar-refractivity contribution in [2.24, 2.45) is 4.99 Å². The summed E-state index contributed by atoms with van der Waals surface area (Å²) in [5.41, 5.74) is 2.39. The fourth-order valence-electron chi connectivity index (χ4n) is 2.12. The molecule has 0 saturated heterocycles. The number of benzene rings is 2. The average molecular weight is 327 g/mol. The molecule has 0 amide bonds. The van der Waals surface area contributed by atoms with Gasteiger partial charge in [0.25, 0.3) is 0 Å². The first-order valence-corrected chi connectivity index (χ1v) is 7.98. The van der Waals surface area contributed by atoms with E-state index in [-0.39, 0.29) is 0 Å². The largest absolute Gasteiger partial charge is 0.497 e. The van der Waals surface area contributed by atoms with Crippen molar-refractivity contribution in [2.75, 3.05) is 27.3 Å². The second-order valence-corrected chi connectivity index (χ2v) is 5.36. The van der Waals surface area contributed by atoms with Gasteiger partial charge in [-0.1, -0.05) is 29.8 Å². The third-order valence-corrected chi connectivity index (χ3v) is 3.53. The zero-order valence-electron chi connectivity index (χ0n) is 14.5. The van der Waals surface area contributed by atoms with Crippen molar-refractivity contribution in [3.05, 3.63) is 59.7 Å². The summed E-state index contributed by atoms with van der Waals surface area (Å²) in [6.07, 6.45) is 0. The van der Waals surface area contributed by atoms with Crippen molar-refractivity contribution in [1.29, 1.82) is 0 Å². The zero-order chi connectivity index (χ0) is 17.2. The molecule has 0 fully saturated rings. The van der Waals surface area contributed by atoms with Gasteiger partial charge < -0.3 is 20.1 Å². The number of methoxy groups -OCH3 is 1. The Hall–Kier alpha value is -2.69. The van der Waals surface area contributed by atoms with Crippen LogP contribution in [0.3, 0.4) is 0 Å². The third-order valence-electron chi connectivity index (χ3n) is 3.53. The van der Waals surface area contributed by atoms with E-state index in [1.807, 2.05) is 48.5 Å². The monoisotopic (exact) mass is 327 g/mol. The summed E-state index contributed by atoms with van der Waals surface area (Å²) in [6, 6.07) is 16.0. The zero-order valence-corrected chi connectivity index (χ0v) is 14.5. The average Bonchev–Trinajstić information content (AvgIpc) is 2.63. The van der Waals surface area contributed by atoms with Gasteiger partial charge in [-0.15, -0.1) is 0 Å². The fourth-order valence-corrected chi connectivity index (χ4v) is 2.12. The Balaban J connectivity index is 1.69. The van der Waals surface area contributed by atoms with E-state index in [4.69, 9.17) is 9.47 Å². The normalized spacial score (nSPS) is 11.0. The molecule has 0 radical (unpaired) electrons. The van der Waals surface area contributed by atoms with Crippen LogP contribution in [0, 0.1) is 6.92 Å². The molecule has 0 heterocycles. The van der Waals surface area contributed by atoms with E-state index in [1.165, 1.54) is 5.56 Å². The molecule has 5 heteroatoms. The molecule has 0 bridgehead atoms. The maximum absolute atomic E-state index is 5.69. The first-order chi connectivity index (χ1) is 11.7. The summed E-state index contributed by atoms with van der Waals surface area (Å²) in [6.45, 7) is 4.01. The molecule has 128 valence electrons. The molecular weight excluding hydrogens is 302 g/mol. The minimum atomic E-state index is 0.576. The third kappa shape index (κ3) is 5.83. The molecule has 2 N–H and O–H groups in total. The van der Waals surface area contributed by atoms with Gasteiger partial charge in [0.15, 0.2) is 5.96 Å². The maximum atomic E-state index is 5.69. The number of hydrogen-bond acceptors (Lipinski definition) is 3. The molecule has 0 aliphatic carbocycles. The summed E-state index contributed by atoms with van der Waals surface area (Å²) >= 11 is 0. The van der Waals surface area contributed by atoms with Crippen LogP contribution in [0.25, 0.3) is 0 Å². The van der Waals surface area contributed by atoms with Gasteiger partial charge in [-0.25, -0.2) is 0 Å². The molecule has 2 rings (SSSR count). The summed E-state index contributed by atoms with van der Waals surface area (Å²) in [5.74, 6) is 2.48. The Bertz CT molecular complexity index is 637. The van der Waals surface area contributed by atoms with Gasteiger partial charge in [0.05, 0.1) is 13.7 Å². The Morgan fingerprint density at radius 1 is 0.958 bits per heavy atom. The van der Waals surface area contributed by atoms with E-state index in [0.717, 1.165) is 23.0 Å².